The van der Waals surface area contributed by atoms with E-state index in [2.05, 4.69) is 66.7 Å². The maximum atomic E-state index is 11.6. The van der Waals surface area contributed by atoms with Crippen molar-refractivity contribution in [2.24, 2.45) is 33.0 Å². The Morgan fingerprint density at radius 3 is 1.93 bits per heavy atom. The summed E-state index contributed by atoms with van der Waals surface area (Å²) in [5.74, 6) is 2.45. The Kier molecular flexibility index (Phi) is 3.52. The predicted octanol–water partition coefficient (Wildman–Crippen LogP) is 7.64. The van der Waals surface area contributed by atoms with Crippen LogP contribution in [0.5, 0.6) is 5.75 Å². The Labute approximate surface area is 172 Å². The Morgan fingerprint density at radius 2 is 1.46 bits per heavy atom. The van der Waals surface area contributed by atoms with Gasteiger partial charge in [-0.15, -0.1) is 0 Å². The van der Waals surface area contributed by atoms with Crippen LogP contribution in [0.3, 0.4) is 0 Å². The molecular formula is C27H40O. The number of fused-ring (bicyclic) bond motifs is 4. The largest absolute Gasteiger partial charge is 0.507 e. The van der Waals surface area contributed by atoms with Gasteiger partial charge in [-0.1, -0.05) is 66.7 Å². The van der Waals surface area contributed by atoms with Gasteiger partial charge in [-0.3, -0.25) is 0 Å². The van der Waals surface area contributed by atoms with Crippen LogP contribution in [0.15, 0.2) is 18.2 Å². The standard InChI is InChI=1S/C27H40O/c1-23(2)17-11-12-26(23,6)20(15-17)18-9-8-10-19(22(18)28)21-16-25(5)13-14-27(21,7)24(25,3)4/h8-10,17,20-21,28H,11-16H2,1-7H3. The molecular weight excluding hydrogens is 340 g/mol. The minimum absolute atomic E-state index is 0.287. The molecule has 0 spiro atoms. The van der Waals surface area contributed by atoms with Crippen LogP contribution < -0.4 is 0 Å². The number of aromatic hydroxyl groups is 1. The second kappa shape index (κ2) is 5.19. The third-order valence-electron chi connectivity index (χ3n) is 12.2. The summed E-state index contributed by atoms with van der Waals surface area (Å²) >= 11 is 0. The molecule has 1 nitrogen and oxygen atoms in total. The molecule has 0 amide bonds. The lowest BCUT2D eigenvalue weighted by Crippen LogP contribution is -2.34. The van der Waals surface area contributed by atoms with E-state index in [1.54, 1.807) is 0 Å². The number of rotatable bonds is 2. The zero-order valence-corrected chi connectivity index (χ0v) is 19.2. The van der Waals surface area contributed by atoms with E-state index in [4.69, 9.17) is 0 Å². The average Bonchev–Trinajstić information content (AvgIpc) is 3.10. The number of phenolic OH excluding ortho intramolecular Hbond substituents is 1. The van der Waals surface area contributed by atoms with Crippen molar-refractivity contribution < 1.29 is 5.11 Å². The zero-order valence-electron chi connectivity index (χ0n) is 19.2. The fourth-order valence-electron chi connectivity index (χ4n) is 8.76. The first-order chi connectivity index (χ1) is 12.9. The van der Waals surface area contributed by atoms with Crippen molar-refractivity contribution >= 4 is 0 Å². The van der Waals surface area contributed by atoms with Gasteiger partial charge in [0.15, 0.2) is 0 Å². The van der Waals surface area contributed by atoms with Crippen molar-refractivity contribution in [1.82, 2.24) is 0 Å². The summed E-state index contributed by atoms with van der Waals surface area (Å²) in [5.41, 5.74) is 4.22. The van der Waals surface area contributed by atoms with Gasteiger partial charge in [0.2, 0.25) is 0 Å². The maximum Gasteiger partial charge on any atom is 0.122 e. The van der Waals surface area contributed by atoms with Crippen LogP contribution in [-0.4, -0.2) is 5.11 Å². The summed E-state index contributed by atoms with van der Waals surface area (Å²) < 4.78 is 0. The molecule has 4 aliphatic carbocycles. The first-order valence-electron chi connectivity index (χ1n) is 11.7. The van der Waals surface area contributed by atoms with E-state index in [0.29, 0.717) is 39.2 Å². The lowest BCUT2D eigenvalue weighted by atomic mass is 9.62. The van der Waals surface area contributed by atoms with Crippen LogP contribution in [0.4, 0.5) is 0 Å². The van der Waals surface area contributed by atoms with E-state index < -0.39 is 0 Å². The van der Waals surface area contributed by atoms with Gasteiger partial charge in [0.05, 0.1) is 0 Å². The minimum Gasteiger partial charge on any atom is -0.507 e. The Hall–Kier alpha value is -0.980. The fourth-order valence-corrected chi connectivity index (χ4v) is 8.76. The molecule has 6 atom stereocenters. The molecule has 28 heavy (non-hydrogen) atoms. The number of para-hydroxylation sites is 1. The monoisotopic (exact) mass is 380 g/mol. The highest BCUT2D eigenvalue weighted by molar-refractivity contribution is 5.48. The minimum atomic E-state index is 0.287. The molecule has 0 aromatic heterocycles. The molecule has 1 N–H and O–H groups in total. The van der Waals surface area contributed by atoms with E-state index in [0.717, 1.165) is 5.92 Å². The molecule has 0 heterocycles. The third kappa shape index (κ3) is 1.86. The molecule has 0 saturated heterocycles. The summed E-state index contributed by atoms with van der Waals surface area (Å²) in [6, 6.07) is 6.74. The van der Waals surface area contributed by atoms with Crippen LogP contribution in [0.1, 0.15) is 110 Å². The van der Waals surface area contributed by atoms with E-state index in [1.807, 2.05) is 0 Å². The van der Waals surface area contributed by atoms with Crippen LogP contribution in [0, 0.1) is 33.0 Å². The van der Waals surface area contributed by atoms with Gasteiger partial charge in [-0.25, -0.2) is 0 Å². The Morgan fingerprint density at radius 1 is 0.821 bits per heavy atom. The van der Waals surface area contributed by atoms with Gasteiger partial charge in [0.25, 0.3) is 0 Å². The van der Waals surface area contributed by atoms with Gasteiger partial charge in [-0.05, 0) is 94.5 Å². The number of hydrogen-bond acceptors (Lipinski definition) is 1. The van der Waals surface area contributed by atoms with E-state index in [-0.39, 0.29) is 5.41 Å². The Balaban J connectivity index is 1.58. The molecule has 4 bridgehead atoms. The molecule has 154 valence electrons. The highest BCUT2D eigenvalue weighted by Gasteiger charge is 2.68. The van der Waals surface area contributed by atoms with E-state index >= 15 is 0 Å². The molecule has 0 radical (unpaired) electrons. The lowest BCUT2D eigenvalue weighted by molar-refractivity contribution is 0.0937. The molecule has 5 rings (SSSR count). The zero-order chi connectivity index (χ0) is 20.3. The SMILES string of the molecule is CC12CCC(C)(C(c3cccc(C4CC5CCC4(C)C5(C)C)c3O)C1)C2(C)C. The number of hydrogen-bond donors (Lipinski definition) is 1. The van der Waals surface area contributed by atoms with Crippen molar-refractivity contribution in [3.8, 4) is 5.75 Å². The first kappa shape index (κ1) is 19.0. The molecule has 4 fully saturated rings. The highest BCUT2D eigenvalue weighted by Crippen LogP contribution is 2.77. The lowest BCUT2D eigenvalue weighted by Gasteiger charge is -2.42. The average molecular weight is 381 g/mol. The van der Waals surface area contributed by atoms with Gasteiger partial charge in [-0.2, -0.15) is 0 Å². The molecule has 0 aliphatic heterocycles. The van der Waals surface area contributed by atoms with E-state index in [1.165, 1.54) is 49.7 Å². The van der Waals surface area contributed by atoms with Gasteiger partial charge in [0.1, 0.15) is 5.75 Å². The van der Waals surface area contributed by atoms with Crippen molar-refractivity contribution in [2.75, 3.05) is 0 Å². The van der Waals surface area contributed by atoms with Gasteiger partial charge >= 0.3 is 0 Å². The highest BCUT2D eigenvalue weighted by atomic mass is 16.3. The summed E-state index contributed by atoms with van der Waals surface area (Å²) in [4.78, 5) is 0. The summed E-state index contributed by atoms with van der Waals surface area (Å²) in [7, 11) is 0. The Bertz CT molecular complexity index is 835. The summed E-state index contributed by atoms with van der Waals surface area (Å²) in [5, 5.41) is 11.6. The second-order valence-corrected chi connectivity index (χ2v) is 12.8. The van der Waals surface area contributed by atoms with Crippen molar-refractivity contribution in [3.05, 3.63) is 29.3 Å². The van der Waals surface area contributed by atoms with Gasteiger partial charge in [0, 0.05) is 0 Å². The van der Waals surface area contributed by atoms with Gasteiger partial charge < -0.3 is 5.11 Å². The first-order valence-corrected chi connectivity index (χ1v) is 11.7. The number of phenols is 1. The van der Waals surface area contributed by atoms with Crippen molar-refractivity contribution in [3.63, 3.8) is 0 Å². The maximum absolute atomic E-state index is 11.6. The molecule has 4 saturated carbocycles. The van der Waals surface area contributed by atoms with Crippen LogP contribution in [-0.2, 0) is 0 Å². The molecule has 1 aromatic carbocycles. The van der Waals surface area contributed by atoms with E-state index in [9.17, 15) is 5.11 Å². The molecule has 1 heteroatoms. The van der Waals surface area contributed by atoms with Crippen molar-refractivity contribution in [2.45, 2.75) is 98.8 Å². The quantitative estimate of drug-likeness (QED) is 0.559. The van der Waals surface area contributed by atoms with Crippen LogP contribution in [0.25, 0.3) is 0 Å². The summed E-state index contributed by atoms with van der Waals surface area (Å²) in [6.45, 7) is 17.4. The molecule has 4 aliphatic rings. The topological polar surface area (TPSA) is 20.2 Å². The van der Waals surface area contributed by atoms with Crippen LogP contribution >= 0.6 is 0 Å². The predicted molar refractivity (Wildman–Crippen MR) is 117 cm³/mol. The smallest absolute Gasteiger partial charge is 0.122 e. The second-order valence-electron chi connectivity index (χ2n) is 12.8. The summed E-state index contributed by atoms with van der Waals surface area (Å²) in [6.07, 6.45) is 7.79. The molecule has 1 aromatic rings. The molecule has 6 unspecified atom stereocenters. The normalized spacial score (nSPS) is 47.8. The fraction of sp³-hybridized carbons (Fsp3) is 0.778. The number of benzene rings is 1. The third-order valence-corrected chi connectivity index (χ3v) is 12.2. The van der Waals surface area contributed by atoms with Crippen LogP contribution in [0.2, 0.25) is 0 Å². The van der Waals surface area contributed by atoms with Crippen molar-refractivity contribution in [1.29, 1.82) is 0 Å².